The number of carbonyl (C=O) groups is 2. The van der Waals surface area contributed by atoms with Crippen LogP contribution in [0.2, 0.25) is 0 Å². The molecule has 3 aromatic carbocycles. The lowest BCUT2D eigenvalue weighted by atomic mass is 10.0. The van der Waals surface area contributed by atoms with Crippen LogP contribution in [-0.2, 0) is 17.9 Å². The summed E-state index contributed by atoms with van der Waals surface area (Å²) in [6.45, 7) is 10.00. The van der Waals surface area contributed by atoms with Crippen molar-refractivity contribution in [3.63, 3.8) is 0 Å². The summed E-state index contributed by atoms with van der Waals surface area (Å²) < 4.78 is 13.6. The highest BCUT2D eigenvalue weighted by Crippen LogP contribution is 2.29. The number of benzene rings is 3. The van der Waals surface area contributed by atoms with Crippen molar-refractivity contribution in [2.45, 2.75) is 46.7 Å². The van der Waals surface area contributed by atoms with E-state index in [1.165, 1.54) is 17.7 Å². The Bertz CT molecular complexity index is 1230. The molecule has 0 bridgehead atoms. The molecule has 0 aromatic heterocycles. The monoisotopic (exact) mass is 515 g/mol. The molecule has 4 rings (SSSR count). The van der Waals surface area contributed by atoms with Crippen LogP contribution in [-0.4, -0.2) is 47.8 Å². The van der Waals surface area contributed by atoms with E-state index in [1.54, 1.807) is 12.1 Å². The van der Waals surface area contributed by atoms with Crippen molar-refractivity contribution in [1.29, 1.82) is 0 Å². The minimum Gasteiger partial charge on any atom is -0.338 e. The van der Waals surface area contributed by atoms with Gasteiger partial charge in [0.05, 0.1) is 5.69 Å². The van der Waals surface area contributed by atoms with E-state index in [1.807, 2.05) is 54.8 Å². The van der Waals surface area contributed by atoms with E-state index in [4.69, 9.17) is 0 Å². The zero-order valence-corrected chi connectivity index (χ0v) is 22.7. The van der Waals surface area contributed by atoms with Gasteiger partial charge in [0.2, 0.25) is 5.91 Å². The number of hydrogen-bond donors (Lipinski definition) is 0. The Hall–Kier alpha value is -3.51. The van der Waals surface area contributed by atoms with Crippen LogP contribution in [0.1, 0.15) is 53.7 Å². The summed E-state index contributed by atoms with van der Waals surface area (Å²) in [5.41, 5.74) is 4.47. The number of hydrogen-bond acceptors (Lipinski definition) is 3. The van der Waals surface area contributed by atoms with Crippen molar-refractivity contribution >= 4 is 17.5 Å². The fourth-order valence-corrected chi connectivity index (χ4v) is 5.18. The number of anilines is 1. The van der Waals surface area contributed by atoms with E-state index in [0.717, 1.165) is 49.3 Å². The summed E-state index contributed by atoms with van der Waals surface area (Å²) in [7, 11) is 0. The molecule has 0 fully saturated rings. The van der Waals surface area contributed by atoms with Crippen LogP contribution in [0.3, 0.4) is 0 Å². The molecule has 0 radical (unpaired) electrons. The van der Waals surface area contributed by atoms with Crippen molar-refractivity contribution in [3.8, 4) is 0 Å². The van der Waals surface area contributed by atoms with Gasteiger partial charge in [-0.3, -0.25) is 14.5 Å². The van der Waals surface area contributed by atoms with Gasteiger partial charge < -0.3 is 9.80 Å². The average Bonchev–Trinajstić information content (AvgIpc) is 2.90. The molecular formula is C32H38FN3O2. The molecule has 1 aliphatic rings. The maximum atomic E-state index is 13.8. The first-order chi connectivity index (χ1) is 18.3. The van der Waals surface area contributed by atoms with Crippen LogP contribution in [0.25, 0.3) is 0 Å². The second-order valence-corrected chi connectivity index (χ2v) is 10.4. The van der Waals surface area contributed by atoms with Crippen LogP contribution >= 0.6 is 0 Å². The molecule has 0 N–H and O–H groups in total. The molecule has 6 heteroatoms. The first kappa shape index (κ1) is 27.5. The summed E-state index contributed by atoms with van der Waals surface area (Å²) in [4.78, 5) is 33.3. The van der Waals surface area contributed by atoms with Crippen LogP contribution in [0, 0.1) is 18.7 Å². The van der Waals surface area contributed by atoms with Crippen LogP contribution in [0.15, 0.2) is 72.8 Å². The van der Waals surface area contributed by atoms with Crippen molar-refractivity contribution in [1.82, 2.24) is 9.80 Å². The van der Waals surface area contributed by atoms with Gasteiger partial charge in [-0.05, 0) is 60.7 Å². The van der Waals surface area contributed by atoms with E-state index in [2.05, 4.69) is 29.2 Å². The molecule has 38 heavy (non-hydrogen) atoms. The topological polar surface area (TPSA) is 43.9 Å². The predicted octanol–water partition coefficient (Wildman–Crippen LogP) is 6.06. The fraction of sp³-hybridized carbons (Fsp3) is 0.375. The molecule has 0 spiro atoms. The largest absolute Gasteiger partial charge is 0.338 e. The molecule has 2 amide bonds. The SMILES string of the molecule is Cc1cccc2c1N(C(=O)c1ccc(F)cc1)CCCN(Cc1ccccc1)CCCN(C(=O)C(C)C)C2. The fourth-order valence-electron chi connectivity index (χ4n) is 5.18. The van der Waals surface area contributed by atoms with Gasteiger partial charge in [-0.1, -0.05) is 62.4 Å². The summed E-state index contributed by atoms with van der Waals surface area (Å²) in [5, 5.41) is 0. The van der Waals surface area contributed by atoms with Gasteiger partial charge in [0, 0.05) is 50.7 Å². The summed E-state index contributed by atoms with van der Waals surface area (Å²) in [6, 6.07) is 22.1. The summed E-state index contributed by atoms with van der Waals surface area (Å²) in [5.74, 6) is -0.533. The lowest BCUT2D eigenvalue weighted by Crippen LogP contribution is -2.40. The van der Waals surface area contributed by atoms with Crippen molar-refractivity contribution in [2.24, 2.45) is 5.92 Å². The predicted molar refractivity (Wildman–Crippen MR) is 150 cm³/mol. The Kier molecular flexibility index (Phi) is 9.29. The normalized spacial score (nSPS) is 15.5. The van der Waals surface area contributed by atoms with E-state index in [9.17, 15) is 14.0 Å². The van der Waals surface area contributed by atoms with Gasteiger partial charge >= 0.3 is 0 Å². The van der Waals surface area contributed by atoms with E-state index in [0.29, 0.717) is 25.2 Å². The number of nitrogens with zero attached hydrogens (tertiary/aromatic N) is 3. The first-order valence-corrected chi connectivity index (χ1v) is 13.5. The van der Waals surface area contributed by atoms with Gasteiger partial charge in [0.15, 0.2) is 0 Å². The molecule has 0 saturated carbocycles. The number of para-hydroxylation sites is 1. The average molecular weight is 516 g/mol. The molecule has 0 atom stereocenters. The molecule has 0 unspecified atom stereocenters. The van der Waals surface area contributed by atoms with Crippen LogP contribution in [0.5, 0.6) is 0 Å². The van der Waals surface area contributed by atoms with Crippen molar-refractivity contribution < 1.29 is 14.0 Å². The molecule has 5 nitrogen and oxygen atoms in total. The lowest BCUT2D eigenvalue weighted by molar-refractivity contribution is -0.135. The third-order valence-electron chi connectivity index (χ3n) is 7.10. The molecule has 3 aromatic rings. The van der Waals surface area contributed by atoms with Crippen LogP contribution < -0.4 is 4.90 Å². The number of amides is 2. The van der Waals surface area contributed by atoms with E-state index >= 15 is 0 Å². The van der Waals surface area contributed by atoms with Gasteiger partial charge in [-0.2, -0.15) is 0 Å². The summed E-state index contributed by atoms with van der Waals surface area (Å²) >= 11 is 0. The quantitative estimate of drug-likeness (QED) is 0.424. The highest BCUT2D eigenvalue weighted by atomic mass is 19.1. The van der Waals surface area contributed by atoms with E-state index < -0.39 is 0 Å². The molecule has 1 aliphatic heterocycles. The number of rotatable bonds is 4. The molecule has 1 heterocycles. The minimum atomic E-state index is -0.369. The summed E-state index contributed by atoms with van der Waals surface area (Å²) in [6.07, 6.45) is 1.67. The second-order valence-electron chi connectivity index (χ2n) is 10.4. The van der Waals surface area contributed by atoms with Gasteiger partial charge in [-0.25, -0.2) is 4.39 Å². The first-order valence-electron chi connectivity index (χ1n) is 13.5. The van der Waals surface area contributed by atoms with Crippen molar-refractivity contribution in [3.05, 3.63) is 101 Å². The zero-order chi connectivity index (χ0) is 27.1. The zero-order valence-electron chi connectivity index (χ0n) is 22.7. The maximum absolute atomic E-state index is 13.8. The number of carbonyl (C=O) groups excluding carboxylic acids is 2. The molecule has 0 aliphatic carbocycles. The Labute approximate surface area is 225 Å². The molecule has 200 valence electrons. The Morgan fingerprint density at radius 3 is 2.21 bits per heavy atom. The highest BCUT2D eigenvalue weighted by Gasteiger charge is 2.26. The third-order valence-corrected chi connectivity index (χ3v) is 7.10. The Morgan fingerprint density at radius 2 is 1.53 bits per heavy atom. The van der Waals surface area contributed by atoms with Gasteiger partial charge in [-0.15, -0.1) is 0 Å². The smallest absolute Gasteiger partial charge is 0.258 e. The number of aryl methyl sites for hydroxylation is 1. The Balaban J connectivity index is 1.71. The van der Waals surface area contributed by atoms with Crippen LogP contribution in [0.4, 0.5) is 10.1 Å². The standard InChI is InChI=1S/C32H38FN3O2/c1-24(2)31(37)35-20-8-18-34(22-26-11-5-4-6-12-26)19-9-21-36(30-25(3)10-7-13-28(30)23-35)32(38)27-14-16-29(33)17-15-27/h4-7,10-17,24H,8-9,18-23H2,1-3H3. The lowest BCUT2D eigenvalue weighted by Gasteiger charge is -2.33. The molecular weight excluding hydrogens is 477 g/mol. The highest BCUT2D eigenvalue weighted by molar-refractivity contribution is 6.07. The minimum absolute atomic E-state index is 0.112. The second kappa shape index (κ2) is 12.8. The maximum Gasteiger partial charge on any atom is 0.258 e. The number of halogens is 1. The van der Waals surface area contributed by atoms with Gasteiger partial charge in [0.25, 0.3) is 5.91 Å². The Morgan fingerprint density at radius 1 is 0.842 bits per heavy atom. The molecule has 0 saturated heterocycles. The third kappa shape index (κ3) is 6.87. The van der Waals surface area contributed by atoms with Gasteiger partial charge in [0.1, 0.15) is 5.82 Å². The van der Waals surface area contributed by atoms with Crippen molar-refractivity contribution in [2.75, 3.05) is 31.1 Å². The number of fused-ring (bicyclic) bond motifs is 1. The van der Waals surface area contributed by atoms with E-state index in [-0.39, 0.29) is 23.5 Å².